The number of aliphatic carboxylic acids is 1. The van der Waals surface area contributed by atoms with Crippen LogP contribution in [-0.2, 0) is 9.53 Å². The molecule has 108 valence electrons. The molecule has 3 atom stereocenters. The fraction of sp³-hybridized carbons (Fsp3) is 0.857. The number of carboxylic acid groups (broad SMARTS) is 1. The molecule has 2 aliphatic rings. The summed E-state index contributed by atoms with van der Waals surface area (Å²) in [6.45, 7) is 6.94. The summed E-state index contributed by atoms with van der Waals surface area (Å²) < 4.78 is 5.37. The highest BCUT2D eigenvalue weighted by molar-refractivity contribution is 5.69. The van der Waals surface area contributed by atoms with Crippen LogP contribution < -0.4 is 0 Å². The fourth-order valence-electron chi connectivity index (χ4n) is 3.33. The van der Waals surface area contributed by atoms with Crippen LogP contribution in [0.2, 0.25) is 0 Å². The zero-order valence-corrected chi connectivity index (χ0v) is 11.9. The van der Waals surface area contributed by atoms with Gasteiger partial charge in [0.05, 0.1) is 0 Å². The lowest BCUT2D eigenvalue weighted by Gasteiger charge is -2.25. The number of fused-ring (bicyclic) bond motifs is 1. The molecule has 0 radical (unpaired) electrons. The van der Waals surface area contributed by atoms with Gasteiger partial charge in [-0.2, -0.15) is 0 Å². The van der Waals surface area contributed by atoms with Crippen LogP contribution >= 0.6 is 0 Å². The third-order valence-electron chi connectivity index (χ3n) is 4.09. The van der Waals surface area contributed by atoms with Crippen molar-refractivity contribution in [3.05, 3.63) is 0 Å². The molecule has 1 N–H and O–H groups in total. The highest BCUT2D eigenvalue weighted by Crippen LogP contribution is 2.44. The van der Waals surface area contributed by atoms with Crippen molar-refractivity contribution in [3.8, 4) is 0 Å². The molecule has 2 fully saturated rings. The second kappa shape index (κ2) is 5.02. The highest BCUT2D eigenvalue weighted by atomic mass is 16.6. The molecule has 1 amide bonds. The minimum Gasteiger partial charge on any atom is -0.481 e. The van der Waals surface area contributed by atoms with Gasteiger partial charge in [-0.25, -0.2) is 4.79 Å². The lowest BCUT2D eigenvalue weighted by atomic mass is 9.90. The van der Waals surface area contributed by atoms with Gasteiger partial charge in [0.15, 0.2) is 0 Å². The highest BCUT2D eigenvalue weighted by Gasteiger charge is 2.45. The average Bonchev–Trinajstić information content (AvgIpc) is 2.77. The van der Waals surface area contributed by atoms with Crippen LogP contribution in [0.25, 0.3) is 0 Å². The first kappa shape index (κ1) is 14.2. The molecule has 1 aliphatic heterocycles. The van der Waals surface area contributed by atoms with Crippen molar-refractivity contribution in [3.63, 3.8) is 0 Å². The van der Waals surface area contributed by atoms with E-state index in [-0.39, 0.29) is 18.4 Å². The molecule has 0 aromatic rings. The van der Waals surface area contributed by atoms with Gasteiger partial charge in [0.2, 0.25) is 0 Å². The molecular formula is C14H23NO4. The minimum absolute atomic E-state index is 0.218. The fourth-order valence-corrected chi connectivity index (χ4v) is 3.33. The smallest absolute Gasteiger partial charge is 0.410 e. The maximum Gasteiger partial charge on any atom is 0.410 e. The number of nitrogens with zero attached hydrogens (tertiary/aromatic N) is 1. The lowest BCUT2D eigenvalue weighted by molar-refractivity contribution is -0.138. The Morgan fingerprint density at radius 3 is 2.53 bits per heavy atom. The zero-order chi connectivity index (χ0) is 14.2. The number of ether oxygens (including phenoxy) is 1. The molecule has 1 saturated carbocycles. The minimum atomic E-state index is -0.735. The van der Waals surface area contributed by atoms with Crippen molar-refractivity contribution in [1.82, 2.24) is 4.90 Å². The Hall–Kier alpha value is -1.26. The second-order valence-corrected chi connectivity index (χ2v) is 6.74. The summed E-state index contributed by atoms with van der Waals surface area (Å²) in [5.41, 5.74) is -0.477. The van der Waals surface area contributed by atoms with Crippen molar-refractivity contribution in [1.29, 1.82) is 0 Å². The molecule has 0 aromatic heterocycles. The molecule has 0 bridgehead atoms. The maximum absolute atomic E-state index is 12.0. The van der Waals surface area contributed by atoms with Crippen LogP contribution in [0.5, 0.6) is 0 Å². The largest absolute Gasteiger partial charge is 0.481 e. The Bertz CT molecular complexity index is 374. The molecule has 5 nitrogen and oxygen atoms in total. The average molecular weight is 269 g/mol. The van der Waals surface area contributed by atoms with Crippen LogP contribution in [0.4, 0.5) is 4.79 Å². The van der Waals surface area contributed by atoms with Crippen molar-refractivity contribution in [2.75, 3.05) is 13.1 Å². The van der Waals surface area contributed by atoms with Gasteiger partial charge in [-0.3, -0.25) is 4.79 Å². The maximum atomic E-state index is 12.0. The first-order chi connectivity index (χ1) is 8.76. The van der Waals surface area contributed by atoms with E-state index >= 15 is 0 Å². The number of amides is 1. The third kappa shape index (κ3) is 3.39. The number of carbonyl (C=O) groups is 2. The summed E-state index contributed by atoms with van der Waals surface area (Å²) in [5, 5.41) is 8.92. The Balaban J connectivity index is 1.93. The van der Waals surface area contributed by atoms with Crippen LogP contribution in [-0.4, -0.2) is 40.8 Å². The van der Waals surface area contributed by atoms with Gasteiger partial charge in [0, 0.05) is 19.5 Å². The Morgan fingerprint density at radius 1 is 1.26 bits per heavy atom. The van der Waals surface area contributed by atoms with Crippen LogP contribution in [0.1, 0.15) is 40.0 Å². The summed E-state index contributed by atoms with van der Waals surface area (Å²) >= 11 is 0. The summed E-state index contributed by atoms with van der Waals surface area (Å²) in [7, 11) is 0. The van der Waals surface area contributed by atoms with E-state index < -0.39 is 11.6 Å². The Morgan fingerprint density at radius 2 is 1.95 bits per heavy atom. The van der Waals surface area contributed by atoms with Crippen molar-refractivity contribution in [2.24, 2.45) is 17.8 Å². The van der Waals surface area contributed by atoms with E-state index in [1.807, 2.05) is 20.8 Å². The Kier molecular flexibility index (Phi) is 3.74. The number of likely N-dealkylation sites (tertiary alicyclic amines) is 1. The van der Waals surface area contributed by atoms with Crippen LogP contribution in [0.15, 0.2) is 0 Å². The molecule has 1 heterocycles. The monoisotopic (exact) mass is 269 g/mol. The predicted octanol–water partition coefficient (Wildman–Crippen LogP) is 2.35. The zero-order valence-electron chi connectivity index (χ0n) is 11.9. The number of hydrogen-bond acceptors (Lipinski definition) is 3. The topological polar surface area (TPSA) is 66.8 Å². The van der Waals surface area contributed by atoms with E-state index in [2.05, 4.69) is 0 Å². The molecule has 0 spiro atoms. The number of rotatable bonds is 2. The van der Waals surface area contributed by atoms with Crippen LogP contribution in [0, 0.1) is 17.8 Å². The van der Waals surface area contributed by atoms with E-state index in [0.717, 1.165) is 19.4 Å². The van der Waals surface area contributed by atoms with Gasteiger partial charge >= 0.3 is 12.1 Å². The Labute approximate surface area is 113 Å². The molecule has 0 unspecified atom stereocenters. The quantitative estimate of drug-likeness (QED) is 0.835. The van der Waals surface area contributed by atoms with E-state index in [4.69, 9.17) is 9.84 Å². The van der Waals surface area contributed by atoms with Gasteiger partial charge in [0.25, 0.3) is 0 Å². The number of carbonyl (C=O) groups excluding carboxylic acids is 1. The SMILES string of the molecule is CC(C)(C)OC(=O)N1C[C@H]2CC[C@@H](CC(=O)O)[C@H]2C1. The van der Waals surface area contributed by atoms with E-state index in [1.165, 1.54) is 0 Å². The molecule has 5 heteroatoms. The summed E-state index contributed by atoms with van der Waals surface area (Å²) in [5.74, 6) is 0.275. The first-order valence-corrected chi connectivity index (χ1v) is 6.96. The molecule has 1 saturated heterocycles. The van der Waals surface area contributed by atoms with Gasteiger partial charge in [0.1, 0.15) is 5.60 Å². The summed E-state index contributed by atoms with van der Waals surface area (Å²) in [6, 6.07) is 0. The van der Waals surface area contributed by atoms with Gasteiger partial charge < -0.3 is 14.7 Å². The lowest BCUT2D eigenvalue weighted by Crippen LogP contribution is -2.36. The standard InChI is InChI=1S/C14H23NO4/c1-14(2,3)19-13(18)15-7-10-5-4-9(6-12(16)17)11(10)8-15/h9-11H,4-8H2,1-3H3,(H,16,17)/t9-,10+,11+/m0/s1. The van der Waals surface area contributed by atoms with E-state index in [0.29, 0.717) is 18.4 Å². The van der Waals surface area contributed by atoms with Crippen molar-refractivity contribution in [2.45, 2.75) is 45.6 Å². The number of hydrogen-bond donors (Lipinski definition) is 1. The summed E-state index contributed by atoms with van der Waals surface area (Å²) in [4.78, 5) is 24.6. The second-order valence-electron chi connectivity index (χ2n) is 6.74. The van der Waals surface area contributed by atoms with Gasteiger partial charge in [-0.15, -0.1) is 0 Å². The number of carboxylic acids is 1. The van der Waals surface area contributed by atoms with E-state index in [1.54, 1.807) is 4.90 Å². The predicted molar refractivity (Wildman–Crippen MR) is 69.8 cm³/mol. The molecule has 0 aromatic carbocycles. The molecule has 2 rings (SSSR count). The van der Waals surface area contributed by atoms with E-state index in [9.17, 15) is 9.59 Å². The molecule has 19 heavy (non-hydrogen) atoms. The molecular weight excluding hydrogens is 246 g/mol. The van der Waals surface area contributed by atoms with Gasteiger partial charge in [-0.05, 0) is 51.4 Å². The van der Waals surface area contributed by atoms with Crippen molar-refractivity contribution < 1.29 is 19.4 Å². The van der Waals surface area contributed by atoms with Gasteiger partial charge in [-0.1, -0.05) is 0 Å². The third-order valence-corrected chi connectivity index (χ3v) is 4.09. The summed E-state index contributed by atoms with van der Waals surface area (Å²) in [6.07, 6.45) is 1.96. The van der Waals surface area contributed by atoms with Crippen LogP contribution in [0.3, 0.4) is 0 Å². The normalized spacial score (nSPS) is 30.3. The molecule has 1 aliphatic carbocycles. The van der Waals surface area contributed by atoms with Crippen molar-refractivity contribution >= 4 is 12.1 Å². The first-order valence-electron chi connectivity index (χ1n) is 6.96.